The highest BCUT2D eigenvalue weighted by molar-refractivity contribution is 7.89. The van der Waals surface area contributed by atoms with Crippen LogP contribution in [0.5, 0.6) is 0 Å². The molecule has 1 heterocycles. The number of halogens is 2. The molecular weight excluding hydrogens is 449 g/mol. The molecule has 0 atom stereocenters. The van der Waals surface area contributed by atoms with Crippen LogP contribution < -0.4 is 4.80 Å². The molecule has 0 aliphatic heterocycles. The monoisotopic (exact) mass is 471 g/mol. The average Bonchev–Trinajstić information content (AvgIpc) is 3.04. The second-order valence-corrected chi connectivity index (χ2v) is 9.29. The number of nitrogens with zero attached hydrogens (tertiary/aromatic N) is 3. The lowest BCUT2D eigenvalue weighted by Crippen LogP contribution is -2.30. The van der Waals surface area contributed by atoms with Gasteiger partial charge in [0.05, 0.1) is 16.4 Å². The second kappa shape index (κ2) is 9.91. The van der Waals surface area contributed by atoms with Crippen molar-refractivity contribution in [2.75, 3.05) is 13.1 Å². The molecule has 1 aromatic heterocycles. The molecule has 0 saturated carbocycles. The number of aromatic nitrogens is 1. The van der Waals surface area contributed by atoms with Crippen LogP contribution >= 0.6 is 35.3 Å². The third kappa shape index (κ3) is 4.92. The summed E-state index contributed by atoms with van der Waals surface area (Å²) < 4.78 is 29.3. The zero-order valence-corrected chi connectivity index (χ0v) is 19.6. The molecule has 0 aliphatic rings. The van der Waals surface area contributed by atoms with Crippen molar-refractivity contribution >= 4 is 51.1 Å². The van der Waals surface area contributed by atoms with E-state index < -0.39 is 10.0 Å². The first-order valence-electron chi connectivity index (χ1n) is 8.92. The SMILES string of the molecule is CCN(CC)S(=O)(=O)c1cc(-c2csc(=Nc3ccccc3)n2C)ccc1Cl.Cl. The number of para-hydroxylation sites is 1. The van der Waals surface area contributed by atoms with Gasteiger partial charge in [-0.3, -0.25) is 0 Å². The zero-order chi connectivity index (χ0) is 20.3. The van der Waals surface area contributed by atoms with Crippen LogP contribution in [-0.4, -0.2) is 30.4 Å². The Morgan fingerprint density at radius 3 is 2.38 bits per heavy atom. The molecular formula is C20H23Cl2N3O2S2. The maximum absolute atomic E-state index is 12.9. The summed E-state index contributed by atoms with van der Waals surface area (Å²) in [5, 5.41) is 2.20. The van der Waals surface area contributed by atoms with E-state index in [4.69, 9.17) is 11.6 Å². The lowest BCUT2D eigenvalue weighted by Gasteiger charge is -2.19. The molecule has 2 aromatic carbocycles. The number of thiazole rings is 1. The van der Waals surface area contributed by atoms with E-state index in [1.165, 1.54) is 15.6 Å². The quantitative estimate of drug-likeness (QED) is 0.502. The number of hydrogen-bond donors (Lipinski definition) is 0. The maximum Gasteiger partial charge on any atom is 0.244 e. The van der Waals surface area contributed by atoms with Crippen LogP contribution in [-0.2, 0) is 17.1 Å². The van der Waals surface area contributed by atoms with Gasteiger partial charge in [0.15, 0.2) is 4.80 Å². The Morgan fingerprint density at radius 2 is 1.76 bits per heavy atom. The van der Waals surface area contributed by atoms with Gasteiger partial charge in [0.1, 0.15) is 4.90 Å². The van der Waals surface area contributed by atoms with E-state index >= 15 is 0 Å². The summed E-state index contributed by atoms with van der Waals surface area (Å²) >= 11 is 7.75. The van der Waals surface area contributed by atoms with Crippen molar-refractivity contribution in [2.45, 2.75) is 18.7 Å². The third-order valence-corrected chi connectivity index (χ3v) is 7.90. The first kappa shape index (κ1) is 23.6. The van der Waals surface area contributed by atoms with E-state index in [0.717, 1.165) is 21.7 Å². The summed E-state index contributed by atoms with van der Waals surface area (Å²) in [7, 11) is -1.73. The van der Waals surface area contributed by atoms with Crippen molar-refractivity contribution in [3.8, 4) is 11.3 Å². The summed E-state index contributed by atoms with van der Waals surface area (Å²) in [5.41, 5.74) is 2.53. The average molecular weight is 472 g/mol. The van der Waals surface area contributed by atoms with Crippen molar-refractivity contribution in [3.05, 3.63) is 63.7 Å². The van der Waals surface area contributed by atoms with Crippen molar-refractivity contribution in [2.24, 2.45) is 12.0 Å². The van der Waals surface area contributed by atoms with Gasteiger partial charge in [0, 0.05) is 31.1 Å². The lowest BCUT2D eigenvalue weighted by atomic mass is 10.2. The van der Waals surface area contributed by atoms with Gasteiger partial charge in [0.25, 0.3) is 0 Å². The van der Waals surface area contributed by atoms with Crippen LogP contribution in [0.15, 0.2) is 63.8 Å². The topological polar surface area (TPSA) is 54.7 Å². The molecule has 5 nitrogen and oxygen atoms in total. The molecule has 3 rings (SSSR count). The van der Waals surface area contributed by atoms with Gasteiger partial charge in [-0.25, -0.2) is 13.4 Å². The Kier molecular flexibility index (Phi) is 8.08. The van der Waals surface area contributed by atoms with Crippen LogP contribution in [0.3, 0.4) is 0 Å². The Balaban J connectivity index is 0.00000300. The first-order valence-corrected chi connectivity index (χ1v) is 11.6. The van der Waals surface area contributed by atoms with Crippen molar-refractivity contribution < 1.29 is 8.42 Å². The van der Waals surface area contributed by atoms with Gasteiger partial charge in [-0.1, -0.05) is 49.7 Å². The third-order valence-electron chi connectivity index (χ3n) is 4.46. The normalized spacial score (nSPS) is 12.2. The molecule has 0 saturated heterocycles. The predicted octanol–water partition coefficient (Wildman–Crippen LogP) is 5.09. The number of hydrogen-bond acceptors (Lipinski definition) is 4. The summed E-state index contributed by atoms with van der Waals surface area (Å²) in [4.78, 5) is 5.61. The standard InChI is InChI=1S/C20H22ClN3O2S2.ClH/c1-4-24(5-2)28(25,26)19-13-15(11-12-17(19)21)18-14-27-20(23(18)3)22-16-9-7-6-8-10-16;/h6-14H,4-5H2,1-3H3;1H. The Morgan fingerprint density at radius 1 is 1.10 bits per heavy atom. The van der Waals surface area contributed by atoms with Gasteiger partial charge >= 0.3 is 0 Å². The molecule has 0 radical (unpaired) electrons. The minimum absolute atomic E-state index is 0. The van der Waals surface area contributed by atoms with Gasteiger partial charge in [-0.15, -0.1) is 23.7 Å². The highest BCUT2D eigenvalue weighted by atomic mass is 35.5. The van der Waals surface area contributed by atoms with Crippen molar-refractivity contribution in [1.29, 1.82) is 0 Å². The molecule has 0 amide bonds. The predicted molar refractivity (Wildman–Crippen MR) is 123 cm³/mol. The van der Waals surface area contributed by atoms with Gasteiger partial charge < -0.3 is 4.57 Å². The minimum Gasteiger partial charge on any atom is -0.320 e. The highest BCUT2D eigenvalue weighted by Crippen LogP contribution is 2.30. The van der Waals surface area contributed by atoms with Crippen molar-refractivity contribution in [1.82, 2.24) is 8.87 Å². The van der Waals surface area contributed by atoms with Gasteiger partial charge in [-0.2, -0.15) is 4.31 Å². The number of benzene rings is 2. The fraction of sp³-hybridized carbons (Fsp3) is 0.250. The summed E-state index contributed by atoms with van der Waals surface area (Å²) in [5.74, 6) is 0. The summed E-state index contributed by atoms with van der Waals surface area (Å²) in [6.45, 7) is 4.42. The molecule has 0 N–H and O–H groups in total. The van der Waals surface area contributed by atoms with E-state index in [0.29, 0.717) is 13.1 Å². The van der Waals surface area contributed by atoms with Crippen LogP contribution in [0.2, 0.25) is 5.02 Å². The maximum atomic E-state index is 12.9. The Hall–Kier alpha value is -1.64. The molecule has 0 bridgehead atoms. The molecule has 0 fully saturated rings. The molecule has 0 spiro atoms. The van der Waals surface area contributed by atoms with Gasteiger partial charge in [0.2, 0.25) is 10.0 Å². The largest absolute Gasteiger partial charge is 0.320 e. The molecule has 9 heteroatoms. The van der Waals surface area contributed by atoms with E-state index in [1.54, 1.807) is 12.1 Å². The molecule has 29 heavy (non-hydrogen) atoms. The first-order chi connectivity index (χ1) is 13.4. The molecule has 3 aromatic rings. The molecule has 156 valence electrons. The van der Waals surface area contributed by atoms with Gasteiger partial charge in [-0.05, 0) is 24.3 Å². The number of rotatable bonds is 6. The summed E-state index contributed by atoms with van der Waals surface area (Å²) in [6, 6.07) is 14.8. The zero-order valence-electron chi connectivity index (χ0n) is 16.4. The number of sulfonamides is 1. The van der Waals surface area contributed by atoms with Crippen LogP contribution in [0, 0.1) is 0 Å². The highest BCUT2D eigenvalue weighted by Gasteiger charge is 2.25. The summed E-state index contributed by atoms with van der Waals surface area (Å²) in [6.07, 6.45) is 0. The van der Waals surface area contributed by atoms with E-state index in [1.807, 2.05) is 67.2 Å². The van der Waals surface area contributed by atoms with Crippen molar-refractivity contribution in [3.63, 3.8) is 0 Å². The Labute approximate surface area is 186 Å². The van der Waals surface area contributed by atoms with E-state index in [2.05, 4.69) is 4.99 Å². The minimum atomic E-state index is -3.64. The fourth-order valence-corrected chi connectivity index (χ4v) is 5.79. The second-order valence-electron chi connectivity index (χ2n) is 6.14. The molecule has 0 aliphatic carbocycles. The van der Waals surface area contributed by atoms with E-state index in [-0.39, 0.29) is 22.3 Å². The van der Waals surface area contributed by atoms with Crippen LogP contribution in [0.1, 0.15) is 13.8 Å². The lowest BCUT2D eigenvalue weighted by molar-refractivity contribution is 0.445. The smallest absolute Gasteiger partial charge is 0.244 e. The fourth-order valence-electron chi connectivity index (χ4n) is 2.91. The van der Waals surface area contributed by atoms with E-state index in [9.17, 15) is 8.42 Å². The Bertz CT molecular complexity index is 1140. The molecule has 0 unspecified atom stereocenters. The van der Waals surface area contributed by atoms with Crippen LogP contribution in [0.25, 0.3) is 11.3 Å². The van der Waals surface area contributed by atoms with Crippen LogP contribution in [0.4, 0.5) is 5.69 Å².